The van der Waals surface area contributed by atoms with Crippen LogP contribution in [0.3, 0.4) is 0 Å². The van der Waals surface area contributed by atoms with Crippen LogP contribution in [0.4, 0.5) is 10.8 Å². The first kappa shape index (κ1) is 13.8. The van der Waals surface area contributed by atoms with E-state index in [1.54, 1.807) is 29.5 Å². The lowest BCUT2D eigenvalue weighted by molar-refractivity contribution is 0.475. The molecule has 4 rings (SSSR count). The molecule has 0 saturated heterocycles. The Labute approximate surface area is 137 Å². The van der Waals surface area contributed by atoms with E-state index < -0.39 is 0 Å². The molecule has 0 bridgehead atoms. The van der Waals surface area contributed by atoms with Gasteiger partial charge in [-0.2, -0.15) is 0 Å². The number of hydrogen-bond acceptors (Lipinski definition) is 4. The van der Waals surface area contributed by atoms with Gasteiger partial charge in [0.25, 0.3) is 0 Å². The number of hydrogen-bond donors (Lipinski definition) is 2. The molecule has 0 radical (unpaired) electrons. The quantitative estimate of drug-likeness (QED) is 0.530. The molecular weight excluding hydrogens is 304 g/mol. The predicted octanol–water partition coefficient (Wildman–Crippen LogP) is 5.41. The Morgan fingerprint density at radius 2 is 1.74 bits per heavy atom. The molecule has 0 aliphatic carbocycles. The third kappa shape index (κ3) is 2.89. The molecule has 1 heterocycles. The normalized spacial score (nSPS) is 10.8. The molecule has 0 fully saturated rings. The summed E-state index contributed by atoms with van der Waals surface area (Å²) < 4.78 is 0. The number of aromatic nitrogens is 1. The van der Waals surface area contributed by atoms with E-state index in [2.05, 4.69) is 40.6 Å². The third-order valence-electron chi connectivity index (χ3n) is 3.65. The van der Waals surface area contributed by atoms with Crippen LogP contribution >= 0.6 is 11.3 Å². The molecule has 0 atom stereocenters. The van der Waals surface area contributed by atoms with Crippen molar-refractivity contribution in [1.82, 2.24) is 4.98 Å². The number of thiazole rings is 1. The molecule has 4 aromatic rings. The Kier molecular flexibility index (Phi) is 3.44. The molecule has 3 nitrogen and oxygen atoms in total. The van der Waals surface area contributed by atoms with Crippen molar-refractivity contribution in [2.24, 2.45) is 0 Å². The molecule has 2 N–H and O–H groups in total. The van der Waals surface area contributed by atoms with E-state index in [0.717, 1.165) is 22.1 Å². The number of nitrogens with zero attached hydrogens (tertiary/aromatic N) is 1. The van der Waals surface area contributed by atoms with Crippen LogP contribution in [0.1, 0.15) is 0 Å². The third-order valence-corrected chi connectivity index (χ3v) is 4.40. The van der Waals surface area contributed by atoms with Crippen LogP contribution < -0.4 is 5.32 Å². The fourth-order valence-electron chi connectivity index (χ4n) is 2.52. The van der Waals surface area contributed by atoms with Gasteiger partial charge in [-0.05, 0) is 29.0 Å². The summed E-state index contributed by atoms with van der Waals surface area (Å²) in [6.45, 7) is 0. The highest BCUT2D eigenvalue weighted by Gasteiger charge is 2.06. The van der Waals surface area contributed by atoms with Crippen molar-refractivity contribution in [2.45, 2.75) is 0 Å². The number of aromatic hydroxyl groups is 1. The smallest absolute Gasteiger partial charge is 0.187 e. The monoisotopic (exact) mass is 318 g/mol. The minimum Gasteiger partial charge on any atom is -0.508 e. The minimum absolute atomic E-state index is 0.237. The number of fused-ring (bicyclic) bond motifs is 1. The maximum Gasteiger partial charge on any atom is 0.187 e. The standard InChI is InChI=1S/C19H14N2OS/c22-17-7-3-6-16(11-17)20-19-21-18(12-23-19)15-9-8-13-4-1-2-5-14(13)10-15/h1-12,22H,(H,20,21). The van der Waals surface area contributed by atoms with Crippen molar-refractivity contribution in [1.29, 1.82) is 0 Å². The average Bonchev–Trinajstić information content (AvgIpc) is 3.03. The summed E-state index contributed by atoms with van der Waals surface area (Å²) in [6, 6.07) is 21.7. The van der Waals surface area contributed by atoms with Gasteiger partial charge in [0.2, 0.25) is 0 Å². The highest BCUT2D eigenvalue weighted by atomic mass is 32.1. The molecule has 0 spiro atoms. The molecule has 1 aromatic heterocycles. The maximum absolute atomic E-state index is 9.52. The molecule has 0 unspecified atom stereocenters. The Hall–Kier alpha value is -2.85. The SMILES string of the molecule is Oc1cccc(Nc2nc(-c3ccc4ccccc4c3)cs2)c1. The number of rotatable bonds is 3. The molecular formula is C19H14N2OS. The van der Waals surface area contributed by atoms with Crippen LogP contribution in [0.5, 0.6) is 5.75 Å². The summed E-state index contributed by atoms with van der Waals surface area (Å²) in [5.74, 6) is 0.237. The zero-order valence-electron chi connectivity index (χ0n) is 12.2. The van der Waals surface area contributed by atoms with Crippen LogP contribution in [0.2, 0.25) is 0 Å². The minimum atomic E-state index is 0.237. The van der Waals surface area contributed by atoms with Gasteiger partial charge in [-0.3, -0.25) is 0 Å². The van der Waals surface area contributed by atoms with Crippen LogP contribution in [0.15, 0.2) is 72.1 Å². The molecule has 0 amide bonds. The average molecular weight is 318 g/mol. The predicted molar refractivity (Wildman–Crippen MR) is 96.4 cm³/mol. The van der Waals surface area contributed by atoms with Gasteiger partial charge in [0.15, 0.2) is 5.13 Å². The largest absolute Gasteiger partial charge is 0.508 e. The van der Waals surface area contributed by atoms with E-state index in [-0.39, 0.29) is 5.75 Å². The lowest BCUT2D eigenvalue weighted by Gasteiger charge is -2.03. The van der Waals surface area contributed by atoms with Crippen molar-refractivity contribution in [3.05, 3.63) is 72.1 Å². The Morgan fingerprint density at radius 1 is 0.870 bits per heavy atom. The van der Waals surface area contributed by atoms with E-state index in [1.807, 2.05) is 23.6 Å². The summed E-state index contributed by atoms with van der Waals surface area (Å²) in [4.78, 5) is 4.64. The molecule has 0 saturated carbocycles. The number of anilines is 2. The summed E-state index contributed by atoms with van der Waals surface area (Å²) in [7, 11) is 0. The van der Waals surface area contributed by atoms with Crippen molar-refractivity contribution in [3.8, 4) is 17.0 Å². The lowest BCUT2D eigenvalue weighted by Crippen LogP contribution is -1.89. The van der Waals surface area contributed by atoms with E-state index >= 15 is 0 Å². The van der Waals surface area contributed by atoms with Crippen LogP contribution in [0, 0.1) is 0 Å². The molecule has 3 aromatic carbocycles. The molecule has 4 heteroatoms. The molecule has 0 aliphatic heterocycles. The van der Waals surface area contributed by atoms with E-state index in [4.69, 9.17) is 0 Å². The van der Waals surface area contributed by atoms with Crippen molar-refractivity contribution in [3.63, 3.8) is 0 Å². The number of phenols is 1. The van der Waals surface area contributed by atoms with Crippen molar-refractivity contribution in [2.75, 3.05) is 5.32 Å². The van der Waals surface area contributed by atoms with Crippen LogP contribution in [-0.4, -0.2) is 10.1 Å². The van der Waals surface area contributed by atoms with E-state index in [9.17, 15) is 5.11 Å². The first-order valence-corrected chi connectivity index (χ1v) is 8.17. The Bertz CT molecular complexity index is 978. The molecule has 0 aliphatic rings. The van der Waals surface area contributed by atoms with Gasteiger partial charge < -0.3 is 10.4 Å². The second-order valence-electron chi connectivity index (χ2n) is 5.28. The van der Waals surface area contributed by atoms with Gasteiger partial charge in [-0.1, -0.05) is 42.5 Å². The van der Waals surface area contributed by atoms with Gasteiger partial charge in [0.1, 0.15) is 5.75 Å². The Morgan fingerprint density at radius 3 is 2.61 bits per heavy atom. The second kappa shape index (κ2) is 5.74. The van der Waals surface area contributed by atoms with Gasteiger partial charge in [0, 0.05) is 22.7 Å². The summed E-state index contributed by atoms with van der Waals surface area (Å²) in [6.07, 6.45) is 0. The fraction of sp³-hybridized carbons (Fsp3) is 0. The number of phenolic OH excluding ortho intramolecular Hbond substituents is 1. The van der Waals surface area contributed by atoms with Crippen LogP contribution in [-0.2, 0) is 0 Å². The van der Waals surface area contributed by atoms with E-state index in [0.29, 0.717) is 0 Å². The van der Waals surface area contributed by atoms with E-state index in [1.165, 1.54) is 10.8 Å². The summed E-state index contributed by atoms with van der Waals surface area (Å²) >= 11 is 1.55. The summed E-state index contributed by atoms with van der Waals surface area (Å²) in [5.41, 5.74) is 2.87. The number of nitrogens with one attached hydrogen (secondary N) is 1. The van der Waals surface area contributed by atoms with Crippen molar-refractivity contribution < 1.29 is 5.11 Å². The molecule has 23 heavy (non-hydrogen) atoms. The first-order chi connectivity index (χ1) is 11.3. The van der Waals surface area contributed by atoms with Gasteiger partial charge in [-0.25, -0.2) is 4.98 Å². The lowest BCUT2D eigenvalue weighted by atomic mass is 10.1. The Balaban J connectivity index is 1.63. The zero-order valence-corrected chi connectivity index (χ0v) is 13.0. The topological polar surface area (TPSA) is 45.1 Å². The molecule has 112 valence electrons. The summed E-state index contributed by atoms with van der Waals surface area (Å²) in [5, 5.41) is 18.0. The first-order valence-electron chi connectivity index (χ1n) is 7.29. The van der Waals surface area contributed by atoms with Gasteiger partial charge in [-0.15, -0.1) is 11.3 Å². The number of benzene rings is 3. The van der Waals surface area contributed by atoms with Crippen molar-refractivity contribution >= 4 is 32.9 Å². The fourth-order valence-corrected chi connectivity index (χ4v) is 3.26. The highest BCUT2D eigenvalue weighted by Crippen LogP contribution is 2.29. The highest BCUT2D eigenvalue weighted by molar-refractivity contribution is 7.14. The second-order valence-corrected chi connectivity index (χ2v) is 6.13. The van der Waals surface area contributed by atoms with Gasteiger partial charge >= 0.3 is 0 Å². The van der Waals surface area contributed by atoms with Crippen LogP contribution in [0.25, 0.3) is 22.0 Å². The maximum atomic E-state index is 9.52. The zero-order chi connectivity index (χ0) is 15.6. The van der Waals surface area contributed by atoms with Gasteiger partial charge in [0.05, 0.1) is 5.69 Å².